The Morgan fingerprint density at radius 2 is 1.94 bits per heavy atom. The molecule has 5 nitrogen and oxygen atoms in total. The van der Waals surface area contributed by atoms with E-state index >= 15 is 0 Å². The summed E-state index contributed by atoms with van der Waals surface area (Å²) in [5.74, 6) is -0.168. The Kier molecular flexibility index (Phi) is 11.1. The van der Waals surface area contributed by atoms with E-state index in [-0.39, 0.29) is 30.7 Å². The van der Waals surface area contributed by atoms with Gasteiger partial charge in [0.15, 0.2) is 0 Å². The summed E-state index contributed by atoms with van der Waals surface area (Å²) in [6.45, 7) is 3.37. The van der Waals surface area contributed by atoms with Gasteiger partial charge in [-0.25, -0.2) is 4.98 Å². The summed E-state index contributed by atoms with van der Waals surface area (Å²) in [7, 11) is 1.88. The second-order valence-electron chi connectivity index (χ2n) is 3.26. The van der Waals surface area contributed by atoms with Crippen LogP contribution >= 0.6 is 24.8 Å². The largest absolute Gasteiger partial charge is 0.351 e. The zero-order valence-corrected chi connectivity index (χ0v) is 11.5. The second kappa shape index (κ2) is 10.3. The van der Waals surface area contributed by atoms with Gasteiger partial charge in [0.2, 0.25) is 0 Å². The maximum Gasteiger partial charge on any atom is 0.271 e. The fourth-order valence-electron chi connectivity index (χ4n) is 1.07. The molecular formula is C10H18Cl2N4O. The number of rotatable bonds is 5. The molecule has 2 N–H and O–H groups in total. The van der Waals surface area contributed by atoms with Gasteiger partial charge in [-0.1, -0.05) is 0 Å². The number of nitrogens with zero attached hydrogens (tertiary/aromatic N) is 2. The monoisotopic (exact) mass is 280 g/mol. The summed E-state index contributed by atoms with van der Waals surface area (Å²) in [5.41, 5.74) is 1.17. The minimum Gasteiger partial charge on any atom is -0.351 e. The molecule has 0 bridgehead atoms. The summed E-state index contributed by atoms with van der Waals surface area (Å²) in [4.78, 5) is 19.5. The highest BCUT2D eigenvalue weighted by Crippen LogP contribution is 1.93. The molecule has 0 unspecified atom stereocenters. The molecule has 1 amide bonds. The van der Waals surface area contributed by atoms with Gasteiger partial charge in [0.05, 0.1) is 11.9 Å². The first-order valence-electron chi connectivity index (χ1n) is 4.95. The van der Waals surface area contributed by atoms with Crippen LogP contribution in [0.4, 0.5) is 0 Å². The Morgan fingerprint density at radius 1 is 1.24 bits per heavy atom. The lowest BCUT2D eigenvalue weighted by Crippen LogP contribution is -2.27. The third-order valence-electron chi connectivity index (χ3n) is 1.90. The highest BCUT2D eigenvalue weighted by molar-refractivity contribution is 5.91. The average Bonchev–Trinajstić information content (AvgIpc) is 2.25. The number of hydrogen-bond donors (Lipinski definition) is 2. The van der Waals surface area contributed by atoms with E-state index in [0.29, 0.717) is 12.2 Å². The van der Waals surface area contributed by atoms with Crippen molar-refractivity contribution in [3.05, 3.63) is 23.8 Å². The van der Waals surface area contributed by atoms with Gasteiger partial charge < -0.3 is 10.6 Å². The molecular weight excluding hydrogens is 263 g/mol. The van der Waals surface area contributed by atoms with Crippen LogP contribution in [0.5, 0.6) is 0 Å². The van der Waals surface area contributed by atoms with E-state index in [0.717, 1.165) is 18.7 Å². The van der Waals surface area contributed by atoms with Crippen molar-refractivity contribution in [3.8, 4) is 0 Å². The predicted molar refractivity (Wildman–Crippen MR) is 72.1 cm³/mol. The second-order valence-corrected chi connectivity index (χ2v) is 3.26. The van der Waals surface area contributed by atoms with Crippen LogP contribution in [-0.2, 0) is 0 Å². The lowest BCUT2D eigenvalue weighted by molar-refractivity contribution is 0.0948. The van der Waals surface area contributed by atoms with Crippen LogP contribution in [0.2, 0.25) is 0 Å². The van der Waals surface area contributed by atoms with Crippen LogP contribution in [0.3, 0.4) is 0 Å². The van der Waals surface area contributed by atoms with Crippen molar-refractivity contribution in [1.29, 1.82) is 0 Å². The fraction of sp³-hybridized carbons (Fsp3) is 0.500. The molecule has 0 saturated heterocycles. The van der Waals surface area contributed by atoms with E-state index < -0.39 is 0 Å². The van der Waals surface area contributed by atoms with Crippen LogP contribution in [0.1, 0.15) is 22.6 Å². The van der Waals surface area contributed by atoms with E-state index in [2.05, 4.69) is 20.6 Å². The van der Waals surface area contributed by atoms with Gasteiger partial charge in [-0.15, -0.1) is 24.8 Å². The first-order valence-corrected chi connectivity index (χ1v) is 4.95. The van der Waals surface area contributed by atoms with Crippen LogP contribution in [0.25, 0.3) is 0 Å². The molecule has 17 heavy (non-hydrogen) atoms. The molecule has 1 rings (SSSR count). The normalized spacial score (nSPS) is 8.82. The topological polar surface area (TPSA) is 66.9 Å². The molecule has 1 aromatic heterocycles. The van der Waals surface area contributed by atoms with Crippen LogP contribution < -0.4 is 10.6 Å². The van der Waals surface area contributed by atoms with Gasteiger partial charge in [-0.2, -0.15) is 0 Å². The highest BCUT2D eigenvalue weighted by Gasteiger charge is 2.05. The van der Waals surface area contributed by atoms with Crippen LogP contribution in [0.15, 0.2) is 12.4 Å². The quantitative estimate of drug-likeness (QED) is 0.789. The van der Waals surface area contributed by atoms with Gasteiger partial charge in [0.1, 0.15) is 5.69 Å². The predicted octanol–water partition coefficient (Wildman–Crippen LogP) is 0.968. The average molecular weight is 281 g/mol. The molecule has 1 heterocycles. The van der Waals surface area contributed by atoms with Gasteiger partial charge in [-0.05, 0) is 26.9 Å². The van der Waals surface area contributed by atoms with Crippen molar-refractivity contribution in [1.82, 2.24) is 20.6 Å². The molecule has 0 atom stereocenters. The summed E-state index contributed by atoms with van der Waals surface area (Å²) in [6, 6.07) is 0. The lowest BCUT2D eigenvalue weighted by Gasteiger charge is -2.03. The standard InChI is InChI=1S/C10H16N4O.2ClH/c1-8-6-14-9(7-13-8)10(15)12-5-3-4-11-2;;/h6-7,11H,3-5H2,1-2H3,(H,12,15);2*1H. The molecule has 0 aliphatic carbocycles. The molecule has 1 aromatic rings. The molecule has 7 heteroatoms. The smallest absolute Gasteiger partial charge is 0.271 e. The summed E-state index contributed by atoms with van der Waals surface area (Å²) < 4.78 is 0. The van der Waals surface area contributed by atoms with E-state index in [1.54, 1.807) is 6.20 Å². The molecule has 98 valence electrons. The molecule has 0 saturated carbocycles. The first kappa shape index (κ1) is 18.5. The minimum atomic E-state index is -0.168. The number of halogens is 2. The van der Waals surface area contributed by atoms with E-state index in [9.17, 15) is 4.79 Å². The number of carbonyl (C=O) groups is 1. The molecule has 0 aliphatic rings. The van der Waals surface area contributed by atoms with Crippen LogP contribution in [-0.4, -0.2) is 36.0 Å². The SMILES string of the molecule is CNCCCNC(=O)c1cnc(C)cn1.Cl.Cl. The van der Waals surface area contributed by atoms with Crippen molar-refractivity contribution in [3.63, 3.8) is 0 Å². The molecule has 0 fully saturated rings. The number of amides is 1. The summed E-state index contributed by atoms with van der Waals surface area (Å²) in [5, 5.41) is 5.78. The third kappa shape index (κ3) is 7.10. The van der Waals surface area contributed by atoms with Crippen molar-refractivity contribution in [2.75, 3.05) is 20.1 Å². The van der Waals surface area contributed by atoms with E-state index in [1.165, 1.54) is 6.20 Å². The maximum absolute atomic E-state index is 11.5. The van der Waals surface area contributed by atoms with E-state index in [4.69, 9.17) is 0 Å². The Morgan fingerprint density at radius 3 is 2.47 bits per heavy atom. The molecule has 0 radical (unpaired) electrons. The third-order valence-corrected chi connectivity index (χ3v) is 1.90. The lowest BCUT2D eigenvalue weighted by atomic mass is 10.3. The maximum atomic E-state index is 11.5. The van der Waals surface area contributed by atoms with Gasteiger partial charge >= 0.3 is 0 Å². The van der Waals surface area contributed by atoms with Crippen molar-refractivity contribution >= 4 is 30.7 Å². The highest BCUT2D eigenvalue weighted by atomic mass is 35.5. The fourth-order valence-corrected chi connectivity index (χ4v) is 1.07. The molecule has 0 aliphatic heterocycles. The number of aryl methyl sites for hydroxylation is 1. The van der Waals surface area contributed by atoms with E-state index in [1.807, 2.05) is 14.0 Å². The zero-order valence-electron chi connectivity index (χ0n) is 9.90. The van der Waals surface area contributed by atoms with Crippen molar-refractivity contribution < 1.29 is 4.79 Å². The number of nitrogens with one attached hydrogen (secondary N) is 2. The van der Waals surface area contributed by atoms with Gasteiger partial charge in [-0.3, -0.25) is 9.78 Å². The van der Waals surface area contributed by atoms with Crippen molar-refractivity contribution in [2.24, 2.45) is 0 Å². The minimum absolute atomic E-state index is 0. The summed E-state index contributed by atoms with van der Waals surface area (Å²) >= 11 is 0. The Labute approximate surface area is 114 Å². The Balaban J connectivity index is 0. The molecule has 0 spiro atoms. The van der Waals surface area contributed by atoms with Crippen LogP contribution in [0, 0.1) is 6.92 Å². The van der Waals surface area contributed by atoms with Gasteiger partial charge in [0.25, 0.3) is 5.91 Å². The summed E-state index contributed by atoms with van der Waals surface area (Å²) in [6.07, 6.45) is 3.98. The van der Waals surface area contributed by atoms with Crippen molar-refractivity contribution in [2.45, 2.75) is 13.3 Å². The van der Waals surface area contributed by atoms with Gasteiger partial charge in [0, 0.05) is 12.7 Å². The number of carbonyl (C=O) groups excluding carboxylic acids is 1. The zero-order chi connectivity index (χ0) is 11.1. The Bertz CT molecular complexity index is 319. The number of hydrogen-bond acceptors (Lipinski definition) is 4. The first-order chi connectivity index (χ1) is 7.24. The Hall–Kier alpha value is -0.910. The number of aromatic nitrogens is 2. The molecule has 0 aromatic carbocycles.